The van der Waals surface area contributed by atoms with Crippen LogP contribution in [0.25, 0.3) is 0 Å². The third-order valence-corrected chi connectivity index (χ3v) is 4.95. The summed E-state index contributed by atoms with van der Waals surface area (Å²) in [6.45, 7) is 3.50. The highest BCUT2D eigenvalue weighted by Crippen LogP contribution is 2.32. The maximum atomic E-state index is 13.0. The number of halogens is 1. The lowest BCUT2D eigenvalue weighted by atomic mass is 9.81. The van der Waals surface area contributed by atoms with Crippen LogP contribution in [0.15, 0.2) is 71.2 Å². The van der Waals surface area contributed by atoms with E-state index < -0.39 is 35.7 Å². The Balaban J connectivity index is 2.25. The molecule has 0 fully saturated rings. The molecular formula is C23H21BrO8. The Morgan fingerprint density at radius 2 is 1.44 bits per heavy atom. The van der Waals surface area contributed by atoms with Crippen molar-refractivity contribution in [2.75, 3.05) is 14.2 Å². The van der Waals surface area contributed by atoms with Gasteiger partial charge in [0, 0.05) is 16.5 Å². The number of carbonyl (C=O) groups excluding carboxylic acids is 4. The zero-order valence-electron chi connectivity index (χ0n) is 17.5. The van der Waals surface area contributed by atoms with E-state index in [0.717, 1.165) is 18.7 Å². The third kappa shape index (κ3) is 5.82. The van der Waals surface area contributed by atoms with Gasteiger partial charge in [0.15, 0.2) is 0 Å². The number of ether oxygens (including phenoxy) is 4. The van der Waals surface area contributed by atoms with Crippen molar-refractivity contribution >= 4 is 39.8 Å². The lowest BCUT2D eigenvalue weighted by molar-refractivity contribution is -0.177. The molecule has 0 saturated heterocycles. The van der Waals surface area contributed by atoms with Crippen LogP contribution >= 0.6 is 15.9 Å². The zero-order chi connectivity index (χ0) is 23.7. The highest BCUT2D eigenvalue weighted by atomic mass is 79.9. The first-order valence-corrected chi connectivity index (χ1v) is 10.1. The number of methoxy groups -OCH3 is 2. The monoisotopic (exact) mass is 504 g/mol. The van der Waals surface area contributed by atoms with Gasteiger partial charge in [-0.1, -0.05) is 52.8 Å². The summed E-state index contributed by atoms with van der Waals surface area (Å²) in [5, 5.41) is 0. The molecule has 0 atom stereocenters. The van der Waals surface area contributed by atoms with Gasteiger partial charge in [0.25, 0.3) is 5.41 Å². The number of hydrogen-bond acceptors (Lipinski definition) is 8. The molecule has 8 nitrogen and oxygen atoms in total. The average molecular weight is 505 g/mol. The van der Waals surface area contributed by atoms with Crippen LogP contribution < -0.4 is 4.74 Å². The summed E-state index contributed by atoms with van der Waals surface area (Å²) >= 11 is 3.31. The van der Waals surface area contributed by atoms with Gasteiger partial charge in [0.2, 0.25) is 0 Å². The Morgan fingerprint density at radius 1 is 0.875 bits per heavy atom. The molecule has 0 heterocycles. The van der Waals surface area contributed by atoms with Crippen LogP contribution in [-0.2, 0) is 40.0 Å². The van der Waals surface area contributed by atoms with E-state index in [0.29, 0.717) is 5.56 Å². The van der Waals surface area contributed by atoms with E-state index in [1.54, 1.807) is 42.5 Å². The molecule has 0 N–H and O–H groups in total. The quantitative estimate of drug-likeness (QED) is 0.168. The molecule has 9 heteroatoms. The second-order valence-corrected chi connectivity index (χ2v) is 7.49. The van der Waals surface area contributed by atoms with Gasteiger partial charge in [-0.15, -0.1) is 0 Å². The standard InChI is InChI=1S/C23H21BrO8/c1-15(19(25)31-14-16-9-11-17(24)12-10-16)13-23(20(26)29-2,21(27)30-3)22(28)32-18-7-5-4-6-8-18/h4-12H,1,13-14H2,2-3H3. The Hall–Kier alpha value is -3.46. The highest BCUT2D eigenvalue weighted by molar-refractivity contribution is 9.10. The molecule has 0 aliphatic carbocycles. The van der Waals surface area contributed by atoms with Crippen molar-refractivity contribution in [2.45, 2.75) is 13.0 Å². The SMILES string of the molecule is C=C(CC(C(=O)OC)(C(=O)OC)C(=O)Oc1ccccc1)C(=O)OCc1ccc(Br)cc1. The van der Waals surface area contributed by atoms with E-state index in [1.807, 2.05) is 0 Å². The minimum Gasteiger partial charge on any atom is -0.468 e. The van der Waals surface area contributed by atoms with E-state index in [2.05, 4.69) is 32.0 Å². The minimum atomic E-state index is -2.60. The normalized spacial score (nSPS) is 10.6. The zero-order valence-corrected chi connectivity index (χ0v) is 19.0. The molecule has 2 rings (SSSR count). The van der Waals surface area contributed by atoms with Crippen molar-refractivity contribution in [1.82, 2.24) is 0 Å². The van der Waals surface area contributed by atoms with Crippen LogP contribution in [0.3, 0.4) is 0 Å². The average Bonchev–Trinajstić information content (AvgIpc) is 2.81. The maximum Gasteiger partial charge on any atom is 0.340 e. The van der Waals surface area contributed by atoms with Gasteiger partial charge in [-0.2, -0.15) is 0 Å². The molecule has 2 aromatic carbocycles. The predicted molar refractivity (Wildman–Crippen MR) is 116 cm³/mol. The van der Waals surface area contributed by atoms with Crippen LogP contribution in [-0.4, -0.2) is 38.1 Å². The molecule has 168 valence electrons. The summed E-state index contributed by atoms with van der Waals surface area (Å²) in [6, 6.07) is 14.8. The lowest BCUT2D eigenvalue weighted by Gasteiger charge is -2.26. The second-order valence-electron chi connectivity index (χ2n) is 6.57. The fourth-order valence-electron chi connectivity index (χ4n) is 2.72. The number of benzene rings is 2. The lowest BCUT2D eigenvalue weighted by Crippen LogP contribution is -2.50. The van der Waals surface area contributed by atoms with Gasteiger partial charge in [-0.3, -0.25) is 9.59 Å². The number of carbonyl (C=O) groups is 4. The molecule has 32 heavy (non-hydrogen) atoms. The summed E-state index contributed by atoms with van der Waals surface area (Å²) < 4.78 is 20.6. The fraction of sp³-hybridized carbons (Fsp3) is 0.217. The topological polar surface area (TPSA) is 105 Å². The molecule has 0 saturated carbocycles. The maximum absolute atomic E-state index is 13.0. The number of esters is 4. The van der Waals surface area contributed by atoms with Crippen LogP contribution in [0.1, 0.15) is 12.0 Å². The van der Waals surface area contributed by atoms with Gasteiger partial charge >= 0.3 is 23.9 Å². The number of rotatable bonds is 9. The largest absolute Gasteiger partial charge is 0.468 e. The van der Waals surface area contributed by atoms with Gasteiger partial charge in [-0.05, 0) is 29.8 Å². The first-order chi connectivity index (χ1) is 15.2. The minimum absolute atomic E-state index is 0.0803. The summed E-state index contributed by atoms with van der Waals surface area (Å²) in [6.07, 6.45) is -0.753. The Labute approximate surface area is 193 Å². The first kappa shape index (κ1) is 24.8. The van der Waals surface area contributed by atoms with Crippen LogP contribution in [0, 0.1) is 5.41 Å². The molecule has 0 unspecified atom stereocenters. The summed E-state index contributed by atoms with van der Waals surface area (Å²) in [4.78, 5) is 50.7. The van der Waals surface area contributed by atoms with Crippen LogP contribution in [0.4, 0.5) is 0 Å². The van der Waals surface area contributed by atoms with E-state index in [4.69, 9.17) is 9.47 Å². The van der Waals surface area contributed by atoms with Crippen molar-refractivity contribution in [3.05, 3.63) is 76.8 Å². The molecule has 0 aromatic heterocycles. The molecule has 0 spiro atoms. The predicted octanol–water partition coefficient (Wildman–Crippen LogP) is 3.38. The van der Waals surface area contributed by atoms with E-state index in [-0.39, 0.29) is 17.9 Å². The first-order valence-electron chi connectivity index (χ1n) is 9.28. The van der Waals surface area contributed by atoms with Crippen LogP contribution in [0.2, 0.25) is 0 Å². The smallest absolute Gasteiger partial charge is 0.340 e. The highest BCUT2D eigenvalue weighted by Gasteiger charge is 2.58. The molecule has 0 amide bonds. The molecule has 0 bridgehead atoms. The van der Waals surface area contributed by atoms with Crippen molar-refractivity contribution in [1.29, 1.82) is 0 Å². The van der Waals surface area contributed by atoms with Crippen molar-refractivity contribution in [2.24, 2.45) is 5.41 Å². The summed E-state index contributed by atoms with van der Waals surface area (Å²) in [5.41, 5.74) is -2.22. The van der Waals surface area contributed by atoms with Crippen molar-refractivity contribution in [3.63, 3.8) is 0 Å². The molecule has 0 aliphatic heterocycles. The van der Waals surface area contributed by atoms with E-state index in [1.165, 1.54) is 12.1 Å². The molecular weight excluding hydrogens is 484 g/mol. The molecule has 0 aliphatic rings. The van der Waals surface area contributed by atoms with E-state index in [9.17, 15) is 19.2 Å². The summed E-state index contributed by atoms with van der Waals surface area (Å²) in [5.74, 6) is -4.61. The molecule has 0 radical (unpaired) electrons. The van der Waals surface area contributed by atoms with Gasteiger partial charge in [0.05, 0.1) is 14.2 Å². The number of hydrogen-bond donors (Lipinski definition) is 0. The summed E-state index contributed by atoms with van der Waals surface area (Å²) in [7, 11) is 1.98. The second kappa shape index (κ2) is 11.2. The van der Waals surface area contributed by atoms with Crippen molar-refractivity contribution in [3.8, 4) is 5.75 Å². The Bertz CT molecular complexity index is 982. The van der Waals surface area contributed by atoms with Crippen molar-refractivity contribution < 1.29 is 38.1 Å². The number of para-hydroxylation sites is 1. The van der Waals surface area contributed by atoms with Gasteiger partial charge in [0.1, 0.15) is 12.4 Å². The van der Waals surface area contributed by atoms with Gasteiger partial charge < -0.3 is 18.9 Å². The fourth-order valence-corrected chi connectivity index (χ4v) is 2.99. The third-order valence-electron chi connectivity index (χ3n) is 4.42. The molecule has 2 aromatic rings. The van der Waals surface area contributed by atoms with E-state index >= 15 is 0 Å². The Morgan fingerprint density at radius 3 is 1.97 bits per heavy atom. The Kier molecular flexibility index (Phi) is 8.71. The van der Waals surface area contributed by atoms with Gasteiger partial charge in [-0.25, -0.2) is 9.59 Å². The van der Waals surface area contributed by atoms with Crippen LogP contribution in [0.5, 0.6) is 5.75 Å².